The van der Waals surface area contributed by atoms with Crippen molar-refractivity contribution in [3.8, 4) is 41.6 Å². The number of halogens is 16. The molecule has 0 saturated heterocycles. The Morgan fingerprint density at radius 2 is 1.18 bits per heavy atom. The summed E-state index contributed by atoms with van der Waals surface area (Å²) in [5, 5.41) is 53.4. The van der Waals surface area contributed by atoms with Gasteiger partial charge in [-0.1, -0.05) is 17.2 Å². The van der Waals surface area contributed by atoms with E-state index < -0.39 is 86.2 Å². The van der Waals surface area contributed by atoms with Crippen LogP contribution < -0.4 is 0 Å². The summed E-state index contributed by atoms with van der Waals surface area (Å²) in [6, 6.07) is 10.4. The molecule has 34 heteroatoms. The Hall–Kier alpha value is -8.47. The number of rotatable bonds is 7. The van der Waals surface area contributed by atoms with Crippen LogP contribution in [-0.2, 0) is 38.3 Å². The molecule has 348 valence electrons. The van der Waals surface area contributed by atoms with Gasteiger partial charge in [-0.15, -0.1) is 11.5 Å². The van der Waals surface area contributed by atoms with Crippen molar-refractivity contribution in [3.63, 3.8) is 0 Å². The van der Waals surface area contributed by atoms with Crippen LogP contribution in [-0.4, -0.2) is 56.8 Å². The van der Waals surface area contributed by atoms with Crippen LogP contribution in [0.4, 0.5) is 87.4 Å². The first-order valence-electron chi connectivity index (χ1n) is 16.1. The van der Waals surface area contributed by atoms with Crippen LogP contribution >= 0.6 is 0 Å². The highest BCUT2D eigenvalue weighted by atomic mass is 19.4. The van der Waals surface area contributed by atoms with Crippen LogP contribution in [0.5, 0.6) is 0 Å². The number of benzene rings is 2. The number of hydrogen-bond donors (Lipinski definition) is 0. The first kappa shape index (κ1) is 51.9. The highest BCUT2D eigenvalue weighted by Crippen LogP contribution is 2.51. The Kier molecular flexibility index (Phi) is 14.4. The fourth-order valence-corrected chi connectivity index (χ4v) is 4.98. The molecule has 3 heterocycles. The molecule has 0 fully saturated rings. The van der Waals surface area contributed by atoms with E-state index in [1.807, 2.05) is 4.91 Å². The van der Waals surface area contributed by atoms with Crippen LogP contribution in [0.25, 0.3) is 27.5 Å². The van der Waals surface area contributed by atoms with Crippen molar-refractivity contribution < 1.29 is 80.1 Å². The standard InChI is InChI=1S/C16H7F8N7O2.C9H4N2O2.C7H3F8N5/c1-29-13(11(15(19,20)21)12(27-29)14(17,18)16(22,23)24)30-6-9(26-28-30)7-2-3-8(5-25)10(4-7)31(32)33;1-2-7-3-4-8(6-10)9(5-7)11(12)13;1-20-4(17-19-16)2(6(10,11)12)3(18-20)5(8,9)7(13,14)15/h2-4,6H,1H3;1,3-5H;1H3. The van der Waals surface area contributed by atoms with Crippen molar-refractivity contribution in [2.45, 2.75) is 36.6 Å². The zero-order valence-electron chi connectivity index (χ0n) is 31.6. The Bertz CT molecular complexity index is 2860. The summed E-state index contributed by atoms with van der Waals surface area (Å²) in [4.78, 5) is 21.9. The lowest BCUT2D eigenvalue weighted by Gasteiger charge is -2.19. The zero-order chi connectivity index (χ0) is 50.7. The number of alkyl halides is 16. The molecule has 0 radical (unpaired) electrons. The maximum atomic E-state index is 13.8. The molecule has 0 atom stereocenters. The third-order valence-corrected chi connectivity index (χ3v) is 7.85. The topological polar surface area (TPSA) is 249 Å². The molecule has 5 aromatic rings. The summed E-state index contributed by atoms with van der Waals surface area (Å²) in [5.74, 6) is -12.3. The van der Waals surface area contributed by atoms with Gasteiger partial charge >= 0.3 is 36.6 Å². The minimum atomic E-state index is -6.37. The molecule has 66 heavy (non-hydrogen) atoms. The van der Waals surface area contributed by atoms with Crippen molar-refractivity contribution in [2.75, 3.05) is 0 Å². The molecule has 0 amide bonds. The van der Waals surface area contributed by atoms with E-state index in [2.05, 4.69) is 31.5 Å². The van der Waals surface area contributed by atoms with Gasteiger partial charge in [0.2, 0.25) is 0 Å². The van der Waals surface area contributed by atoms with Crippen molar-refractivity contribution in [3.05, 3.63) is 112 Å². The molecule has 0 N–H and O–H groups in total. The molecule has 2 aromatic carbocycles. The molecule has 3 aromatic heterocycles. The van der Waals surface area contributed by atoms with Crippen LogP contribution in [0.15, 0.2) is 47.7 Å². The second-order valence-corrected chi connectivity index (χ2v) is 12.1. The Morgan fingerprint density at radius 3 is 1.61 bits per heavy atom. The second kappa shape index (κ2) is 18.3. The van der Waals surface area contributed by atoms with E-state index in [9.17, 15) is 90.5 Å². The summed E-state index contributed by atoms with van der Waals surface area (Å²) in [5.41, 5.74) is -3.15. The van der Waals surface area contributed by atoms with Crippen LogP contribution in [0, 0.1) is 55.2 Å². The first-order valence-corrected chi connectivity index (χ1v) is 16.1. The van der Waals surface area contributed by atoms with Gasteiger partial charge in [0.25, 0.3) is 11.4 Å². The molecule has 0 bridgehead atoms. The average molecular weight is 963 g/mol. The van der Waals surface area contributed by atoms with Crippen molar-refractivity contribution in [1.29, 1.82) is 10.5 Å². The molecule has 0 saturated carbocycles. The number of nitrogens with zero attached hydrogens (tertiary/aromatic N) is 14. The fourth-order valence-electron chi connectivity index (χ4n) is 4.98. The highest BCUT2D eigenvalue weighted by Gasteiger charge is 2.65. The third-order valence-electron chi connectivity index (χ3n) is 7.85. The molecule has 18 nitrogen and oxygen atoms in total. The van der Waals surface area contributed by atoms with Gasteiger partial charge in [0.15, 0.2) is 17.2 Å². The quantitative estimate of drug-likeness (QED) is 0.0284. The SMILES string of the molecule is C#Cc1ccc(C#N)c([N+](=O)[O-])c1.Cn1nc(C(F)(F)C(F)(F)F)c(C(F)(F)F)c1-n1cc(-c2ccc(C#N)c([N+](=O)[O-])c2)nn1.Cn1nc(C(F)(F)C(F)(F)F)c(C(F)(F)F)c1N=[N+]=[N-]. The number of aromatic nitrogens is 7. The number of nitriles is 2. The molecule has 5 rings (SSSR count). The molecule has 0 aliphatic rings. The first-order chi connectivity index (χ1) is 30.1. The minimum Gasteiger partial charge on any atom is -0.265 e. The lowest BCUT2D eigenvalue weighted by atomic mass is 10.1. The molecule has 0 unspecified atom stereocenters. The average Bonchev–Trinajstić information content (AvgIpc) is 3.93. The van der Waals surface area contributed by atoms with Crippen molar-refractivity contribution in [2.24, 2.45) is 19.2 Å². The smallest absolute Gasteiger partial charge is 0.265 e. The van der Waals surface area contributed by atoms with Gasteiger partial charge in [0, 0.05) is 42.3 Å². The normalized spacial score (nSPS) is 12.0. The summed E-state index contributed by atoms with van der Waals surface area (Å²) in [6.07, 6.45) is -18.2. The van der Waals surface area contributed by atoms with Gasteiger partial charge in [0.05, 0.1) is 16.0 Å². The summed E-state index contributed by atoms with van der Waals surface area (Å²) >= 11 is 0. The Labute approximate surface area is 352 Å². The van der Waals surface area contributed by atoms with E-state index in [0.717, 1.165) is 18.2 Å². The molecular formula is C32H14F16N14O4. The predicted molar refractivity (Wildman–Crippen MR) is 183 cm³/mol. The van der Waals surface area contributed by atoms with Crippen LogP contribution in [0.1, 0.15) is 39.2 Å². The van der Waals surface area contributed by atoms with Gasteiger partial charge in [0.1, 0.15) is 45.9 Å². The number of aryl methyl sites for hydroxylation is 2. The van der Waals surface area contributed by atoms with E-state index in [0.29, 0.717) is 25.9 Å². The van der Waals surface area contributed by atoms with Crippen molar-refractivity contribution >= 4 is 17.2 Å². The molecular weight excluding hydrogens is 948 g/mol. The van der Waals surface area contributed by atoms with Gasteiger partial charge in [-0.3, -0.25) is 24.9 Å². The van der Waals surface area contributed by atoms with E-state index >= 15 is 0 Å². The fraction of sp³-hybridized carbons (Fsp3) is 0.250. The maximum absolute atomic E-state index is 13.8. The highest BCUT2D eigenvalue weighted by molar-refractivity contribution is 5.66. The van der Waals surface area contributed by atoms with E-state index in [1.54, 1.807) is 12.1 Å². The van der Waals surface area contributed by atoms with E-state index in [4.69, 9.17) is 22.5 Å². The van der Waals surface area contributed by atoms with Crippen LogP contribution in [0.3, 0.4) is 0 Å². The maximum Gasteiger partial charge on any atom is 0.459 e. The number of azide groups is 1. The predicted octanol–water partition coefficient (Wildman–Crippen LogP) is 9.60. The van der Waals surface area contributed by atoms with Crippen LogP contribution in [0.2, 0.25) is 0 Å². The Balaban J connectivity index is 0.000000296. The zero-order valence-corrected chi connectivity index (χ0v) is 31.6. The lowest BCUT2D eigenvalue weighted by Crippen LogP contribution is -2.36. The molecule has 0 aliphatic heterocycles. The molecule has 0 aliphatic carbocycles. The number of nitro groups is 2. The second-order valence-electron chi connectivity index (χ2n) is 12.1. The number of terminal acetylenes is 1. The summed E-state index contributed by atoms with van der Waals surface area (Å²) < 4.78 is 207. The summed E-state index contributed by atoms with van der Waals surface area (Å²) in [7, 11) is 1.32. The lowest BCUT2D eigenvalue weighted by molar-refractivity contribution is -0.385. The largest absolute Gasteiger partial charge is 0.459 e. The third kappa shape index (κ3) is 10.5. The van der Waals surface area contributed by atoms with Gasteiger partial charge in [-0.25, -0.2) is 9.36 Å². The van der Waals surface area contributed by atoms with Gasteiger partial charge in [-0.2, -0.15) is 91.0 Å². The summed E-state index contributed by atoms with van der Waals surface area (Å²) in [6.45, 7) is 0. The van der Waals surface area contributed by atoms with Crippen molar-refractivity contribution in [1.82, 2.24) is 34.6 Å². The van der Waals surface area contributed by atoms with E-state index in [1.165, 1.54) is 18.2 Å². The van der Waals surface area contributed by atoms with Gasteiger partial charge < -0.3 is 0 Å². The number of hydrogen-bond acceptors (Lipinski definition) is 11. The molecule has 0 spiro atoms. The minimum absolute atomic E-state index is 0.00245. The van der Waals surface area contributed by atoms with Gasteiger partial charge in [-0.05, 0) is 28.8 Å². The Morgan fingerprint density at radius 1 is 0.727 bits per heavy atom. The number of nitro benzene ring substituents is 2. The van der Waals surface area contributed by atoms with E-state index in [-0.39, 0.29) is 42.1 Å². The monoisotopic (exact) mass is 962 g/mol.